The van der Waals surface area contributed by atoms with Crippen molar-refractivity contribution in [3.05, 3.63) is 66.0 Å². The Balaban J connectivity index is 2.26. The molecular formula is C15H17N3O. The summed E-state index contributed by atoms with van der Waals surface area (Å²) in [6.07, 6.45) is 1.73. The topological polar surface area (TPSA) is 54.0 Å². The van der Waals surface area contributed by atoms with Crippen LogP contribution in [0.4, 0.5) is 4.79 Å². The number of pyridine rings is 1. The highest BCUT2D eigenvalue weighted by atomic mass is 16.2. The minimum Gasteiger partial charge on any atom is -0.338 e. The monoisotopic (exact) mass is 255 g/mol. The van der Waals surface area contributed by atoms with Gasteiger partial charge in [-0.1, -0.05) is 36.4 Å². The normalized spacial score (nSPS) is 11.6. The number of carbonyl (C=O) groups excluding carboxylic acids is 1. The molecule has 0 unspecified atom stereocenters. The highest BCUT2D eigenvalue weighted by Crippen LogP contribution is 2.19. The van der Waals surface area contributed by atoms with Gasteiger partial charge < -0.3 is 10.6 Å². The Morgan fingerprint density at radius 3 is 2.53 bits per heavy atom. The molecule has 4 nitrogen and oxygen atoms in total. The van der Waals surface area contributed by atoms with Crippen LogP contribution in [0.1, 0.15) is 24.2 Å². The molecule has 0 aliphatic rings. The van der Waals surface area contributed by atoms with E-state index >= 15 is 0 Å². The number of aromatic nitrogens is 1. The minimum atomic E-state index is -0.242. The number of urea groups is 1. The first-order valence-corrected chi connectivity index (χ1v) is 6.31. The third-order valence-electron chi connectivity index (χ3n) is 2.73. The number of benzene rings is 1. The SMILES string of the molecule is CCNC(=O)N[C@@H](c1ccccc1)c1ccccn1. The van der Waals surface area contributed by atoms with E-state index in [9.17, 15) is 4.79 Å². The van der Waals surface area contributed by atoms with Crippen molar-refractivity contribution in [3.63, 3.8) is 0 Å². The lowest BCUT2D eigenvalue weighted by Crippen LogP contribution is -2.38. The average Bonchev–Trinajstić information content (AvgIpc) is 2.47. The standard InChI is InChI=1S/C15H17N3O/c1-2-16-15(19)18-14(12-8-4-3-5-9-12)13-10-6-7-11-17-13/h3-11,14H,2H2,1H3,(H2,16,18,19)/t14-/m0/s1. The summed E-state index contributed by atoms with van der Waals surface area (Å²) in [6, 6.07) is 15.0. The number of amides is 2. The van der Waals surface area contributed by atoms with E-state index in [2.05, 4.69) is 15.6 Å². The van der Waals surface area contributed by atoms with Crippen LogP contribution in [-0.2, 0) is 0 Å². The van der Waals surface area contributed by atoms with Gasteiger partial charge in [0.15, 0.2) is 0 Å². The molecule has 2 aromatic rings. The van der Waals surface area contributed by atoms with Crippen LogP contribution in [0.5, 0.6) is 0 Å². The van der Waals surface area contributed by atoms with Crippen LogP contribution in [0.3, 0.4) is 0 Å². The molecule has 0 aliphatic heterocycles. The maximum atomic E-state index is 11.8. The second kappa shape index (κ2) is 6.54. The third kappa shape index (κ3) is 3.55. The lowest BCUT2D eigenvalue weighted by atomic mass is 10.0. The molecule has 1 aromatic carbocycles. The zero-order valence-electron chi connectivity index (χ0n) is 10.8. The largest absolute Gasteiger partial charge is 0.338 e. The quantitative estimate of drug-likeness (QED) is 0.882. The summed E-state index contributed by atoms with van der Waals surface area (Å²) in [7, 11) is 0. The van der Waals surface area contributed by atoms with Crippen molar-refractivity contribution in [2.24, 2.45) is 0 Å². The van der Waals surface area contributed by atoms with Gasteiger partial charge in [0.05, 0.1) is 11.7 Å². The van der Waals surface area contributed by atoms with Crippen LogP contribution >= 0.6 is 0 Å². The minimum absolute atomic E-state index is 0.193. The van der Waals surface area contributed by atoms with E-state index in [1.807, 2.05) is 55.5 Å². The number of carbonyl (C=O) groups is 1. The second-order valence-electron chi connectivity index (χ2n) is 4.10. The predicted molar refractivity (Wildman–Crippen MR) is 74.7 cm³/mol. The third-order valence-corrected chi connectivity index (χ3v) is 2.73. The Morgan fingerprint density at radius 2 is 1.89 bits per heavy atom. The van der Waals surface area contributed by atoms with Gasteiger partial charge in [0.1, 0.15) is 0 Å². The number of nitrogens with zero attached hydrogens (tertiary/aromatic N) is 1. The molecule has 1 atom stereocenters. The van der Waals surface area contributed by atoms with E-state index in [0.717, 1.165) is 11.3 Å². The molecule has 2 rings (SSSR count). The van der Waals surface area contributed by atoms with Crippen molar-refractivity contribution < 1.29 is 4.79 Å². The first-order valence-electron chi connectivity index (χ1n) is 6.31. The molecule has 0 aliphatic carbocycles. The average molecular weight is 255 g/mol. The second-order valence-corrected chi connectivity index (χ2v) is 4.10. The van der Waals surface area contributed by atoms with Gasteiger partial charge in [0.2, 0.25) is 0 Å². The van der Waals surface area contributed by atoms with E-state index in [0.29, 0.717) is 6.54 Å². The van der Waals surface area contributed by atoms with Gasteiger partial charge in [-0.2, -0.15) is 0 Å². The molecule has 0 bridgehead atoms. The molecule has 0 saturated carbocycles. The Morgan fingerprint density at radius 1 is 1.16 bits per heavy atom. The molecule has 0 fully saturated rings. The van der Waals surface area contributed by atoms with Crippen LogP contribution in [0.15, 0.2) is 54.7 Å². The summed E-state index contributed by atoms with van der Waals surface area (Å²) in [5.41, 5.74) is 1.83. The Bertz CT molecular complexity index is 474. The highest BCUT2D eigenvalue weighted by molar-refractivity contribution is 5.74. The molecule has 1 aromatic heterocycles. The maximum Gasteiger partial charge on any atom is 0.315 e. The van der Waals surface area contributed by atoms with Crippen molar-refractivity contribution in [2.45, 2.75) is 13.0 Å². The zero-order valence-corrected chi connectivity index (χ0v) is 10.8. The smallest absolute Gasteiger partial charge is 0.315 e. The highest BCUT2D eigenvalue weighted by Gasteiger charge is 2.16. The van der Waals surface area contributed by atoms with Gasteiger partial charge in [-0.25, -0.2) is 4.79 Å². The van der Waals surface area contributed by atoms with Crippen LogP contribution < -0.4 is 10.6 Å². The summed E-state index contributed by atoms with van der Waals surface area (Å²) in [5.74, 6) is 0. The van der Waals surface area contributed by atoms with Gasteiger partial charge in [-0.15, -0.1) is 0 Å². The van der Waals surface area contributed by atoms with Gasteiger partial charge in [-0.05, 0) is 24.6 Å². The van der Waals surface area contributed by atoms with E-state index in [1.54, 1.807) is 6.20 Å². The first-order chi connectivity index (χ1) is 9.31. The molecule has 2 N–H and O–H groups in total. The zero-order chi connectivity index (χ0) is 13.5. The first kappa shape index (κ1) is 13.1. The van der Waals surface area contributed by atoms with E-state index in [-0.39, 0.29) is 12.1 Å². The summed E-state index contributed by atoms with van der Waals surface area (Å²) in [4.78, 5) is 16.1. The van der Waals surface area contributed by atoms with E-state index in [4.69, 9.17) is 0 Å². The van der Waals surface area contributed by atoms with E-state index < -0.39 is 0 Å². The fourth-order valence-corrected chi connectivity index (χ4v) is 1.86. The number of hydrogen-bond donors (Lipinski definition) is 2. The summed E-state index contributed by atoms with van der Waals surface area (Å²) in [5, 5.41) is 5.68. The molecule has 1 heterocycles. The molecule has 2 amide bonds. The Hall–Kier alpha value is -2.36. The number of hydrogen-bond acceptors (Lipinski definition) is 2. The summed E-state index contributed by atoms with van der Waals surface area (Å²) in [6.45, 7) is 2.48. The fourth-order valence-electron chi connectivity index (χ4n) is 1.86. The van der Waals surface area contributed by atoms with Crippen molar-refractivity contribution in [1.29, 1.82) is 0 Å². The molecular weight excluding hydrogens is 238 g/mol. The molecule has 4 heteroatoms. The fraction of sp³-hybridized carbons (Fsp3) is 0.200. The van der Waals surface area contributed by atoms with Crippen LogP contribution in [0.25, 0.3) is 0 Å². The summed E-state index contributed by atoms with van der Waals surface area (Å²) >= 11 is 0. The van der Waals surface area contributed by atoms with Crippen LogP contribution in [0.2, 0.25) is 0 Å². The van der Waals surface area contributed by atoms with Crippen LogP contribution in [-0.4, -0.2) is 17.6 Å². The van der Waals surface area contributed by atoms with Gasteiger partial charge >= 0.3 is 6.03 Å². The number of nitrogens with one attached hydrogen (secondary N) is 2. The van der Waals surface area contributed by atoms with Crippen molar-refractivity contribution in [2.75, 3.05) is 6.54 Å². The molecule has 98 valence electrons. The molecule has 0 saturated heterocycles. The van der Waals surface area contributed by atoms with Crippen molar-refractivity contribution in [3.8, 4) is 0 Å². The lowest BCUT2D eigenvalue weighted by Gasteiger charge is -2.18. The number of rotatable bonds is 4. The lowest BCUT2D eigenvalue weighted by molar-refractivity contribution is 0.239. The Labute approximate surface area is 112 Å². The van der Waals surface area contributed by atoms with Gasteiger partial charge in [-0.3, -0.25) is 4.98 Å². The maximum absolute atomic E-state index is 11.8. The van der Waals surface area contributed by atoms with Crippen LogP contribution in [0, 0.1) is 0 Å². The van der Waals surface area contributed by atoms with Gasteiger partial charge in [0.25, 0.3) is 0 Å². The van der Waals surface area contributed by atoms with Crippen molar-refractivity contribution in [1.82, 2.24) is 15.6 Å². The predicted octanol–water partition coefficient (Wildman–Crippen LogP) is 2.49. The van der Waals surface area contributed by atoms with E-state index in [1.165, 1.54) is 0 Å². The van der Waals surface area contributed by atoms with Crippen molar-refractivity contribution >= 4 is 6.03 Å². The summed E-state index contributed by atoms with van der Waals surface area (Å²) < 4.78 is 0. The Kier molecular flexibility index (Phi) is 4.50. The molecule has 0 radical (unpaired) electrons. The molecule has 0 spiro atoms. The van der Waals surface area contributed by atoms with Gasteiger partial charge in [0, 0.05) is 12.7 Å². The molecule has 19 heavy (non-hydrogen) atoms.